The molecule has 0 N–H and O–H groups in total. The smallest absolute Gasteiger partial charge is 0.311 e. The van der Waals surface area contributed by atoms with Gasteiger partial charge in [0.2, 0.25) is 0 Å². The monoisotopic (exact) mass is 463 g/mol. The first kappa shape index (κ1) is 22.3. The molecule has 0 bridgehead atoms. The van der Waals surface area contributed by atoms with E-state index in [0.29, 0.717) is 35.1 Å². The van der Waals surface area contributed by atoms with E-state index in [4.69, 9.17) is 21.1 Å². The van der Waals surface area contributed by atoms with Crippen molar-refractivity contribution in [3.8, 4) is 5.75 Å². The van der Waals surface area contributed by atoms with Gasteiger partial charge in [0.1, 0.15) is 11.6 Å². The molecule has 0 aliphatic heterocycles. The summed E-state index contributed by atoms with van der Waals surface area (Å²) in [6.07, 6.45) is 7.74. The third-order valence-electron chi connectivity index (χ3n) is 8.93. The molecule has 4 aliphatic rings. The average molecular weight is 464 g/mol. The third kappa shape index (κ3) is 3.59. The third-order valence-corrected chi connectivity index (χ3v) is 9.23. The van der Waals surface area contributed by atoms with Crippen molar-refractivity contribution in [3.05, 3.63) is 23.0 Å². The summed E-state index contributed by atoms with van der Waals surface area (Å²) < 4.78 is 26.5. The van der Waals surface area contributed by atoms with Crippen LogP contribution in [-0.4, -0.2) is 32.3 Å². The Bertz CT molecular complexity index is 876. The van der Waals surface area contributed by atoms with Gasteiger partial charge in [-0.25, -0.2) is 4.39 Å². The number of ether oxygens (including phenoxy) is 2. The zero-order valence-electron chi connectivity index (χ0n) is 19.4. The topological polar surface area (TPSA) is 38.8 Å². The minimum Gasteiger partial charge on any atom is -0.491 e. The summed E-state index contributed by atoms with van der Waals surface area (Å²) in [7, 11) is 1.84. The van der Waals surface area contributed by atoms with Crippen LogP contribution in [0, 0.1) is 40.8 Å². The molecule has 176 valence electrons. The zero-order valence-corrected chi connectivity index (χ0v) is 20.2. The molecule has 4 fully saturated rings. The molecule has 5 unspecified atom stereocenters. The first-order valence-electron chi connectivity index (χ1n) is 12.3. The highest BCUT2D eigenvalue weighted by atomic mass is 35.5. The summed E-state index contributed by atoms with van der Waals surface area (Å²) in [6.45, 7) is 5.19. The number of anilines is 1. The summed E-state index contributed by atoms with van der Waals surface area (Å²) in [5.41, 5.74) is 0.706. The summed E-state index contributed by atoms with van der Waals surface area (Å²) in [5.74, 6) is 3.04. The summed E-state index contributed by atoms with van der Waals surface area (Å²) in [6, 6.07) is 2.99. The van der Waals surface area contributed by atoms with E-state index in [1.165, 1.54) is 31.7 Å². The molecule has 32 heavy (non-hydrogen) atoms. The summed E-state index contributed by atoms with van der Waals surface area (Å²) >= 11 is 6.55. The molecule has 0 spiro atoms. The van der Waals surface area contributed by atoms with Crippen molar-refractivity contribution in [3.63, 3.8) is 0 Å². The first-order valence-corrected chi connectivity index (χ1v) is 12.7. The van der Waals surface area contributed by atoms with Crippen LogP contribution < -0.4 is 9.64 Å². The number of nitrogens with zero attached hydrogens (tertiary/aromatic N) is 1. The van der Waals surface area contributed by atoms with Gasteiger partial charge in [0.05, 0.1) is 29.8 Å². The van der Waals surface area contributed by atoms with Gasteiger partial charge in [0, 0.05) is 24.6 Å². The second kappa shape index (κ2) is 8.38. The Balaban J connectivity index is 1.25. The number of rotatable bonds is 7. The maximum Gasteiger partial charge on any atom is 0.311 e. The van der Waals surface area contributed by atoms with Gasteiger partial charge in [0.25, 0.3) is 0 Å². The van der Waals surface area contributed by atoms with Crippen molar-refractivity contribution in [2.75, 3.05) is 25.2 Å². The molecule has 1 aromatic rings. The standard InChI is InChI=1S/C26H35ClFNO3/c1-4-31-25(30)18-6-5-7-21(18)29(3)22-10-19(27)23(11-20(22)28)32-14-26-12-16-8-15(2)9-17(13-26)24(16)26/h10-11,15-18,21,24H,4-9,12-14H2,1-3H3/t15?,16-,17+,18?,21?,24?,26?. The fourth-order valence-electron chi connectivity index (χ4n) is 7.75. The molecule has 0 radical (unpaired) electrons. The van der Waals surface area contributed by atoms with Crippen LogP contribution in [-0.2, 0) is 9.53 Å². The highest BCUT2D eigenvalue weighted by molar-refractivity contribution is 6.32. The molecule has 0 saturated heterocycles. The molecule has 6 heteroatoms. The van der Waals surface area contributed by atoms with Crippen LogP contribution in [0.5, 0.6) is 5.75 Å². The van der Waals surface area contributed by atoms with Crippen LogP contribution >= 0.6 is 11.6 Å². The van der Waals surface area contributed by atoms with E-state index in [9.17, 15) is 4.79 Å². The summed E-state index contributed by atoms with van der Waals surface area (Å²) in [4.78, 5) is 14.2. The van der Waals surface area contributed by atoms with E-state index < -0.39 is 0 Å². The van der Waals surface area contributed by atoms with Crippen molar-refractivity contribution >= 4 is 23.3 Å². The molecular formula is C26H35ClFNO3. The Labute approximate surface area is 195 Å². The Kier molecular flexibility index (Phi) is 5.84. The molecule has 0 aromatic heterocycles. The van der Waals surface area contributed by atoms with Crippen molar-refractivity contribution in [2.45, 2.75) is 64.8 Å². The number of carbonyl (C=O) groups is 1. The van der Waals surface area contributed by atoms with E-state index >= 15 is 4.39 Å². The Morgan fingerprint density at radius 2 is 1.97 bits per heavy atom. The number of halogens is 2. The van der Waals surface area contributed by atoms with E-state index in [0.717, 1.165) is 42.9 Å². The lowest BCUT2D eigenvalue weighted by Gasteiger charge is -2.70. The largest absolute Gasteiger partial charge is 0.491 e. The van der Waals surface area contributed by atoms with Crippen LogP contribution in [0.4, 0.5) is 10.1 Å². The normalized spacial score (nSPS) is 37.2. The van der Waals surface area contributed by atoms with Crippen LogP contribution in [0.1, 0.15) is 58.8 Å². The van der Waals surface area contributed by atoms with Gasteiger partial charge in [-0.15, -0.1) is 0 Å². The molecule has 5 rings (SSSR count). The quantitative estimate of drug-likeness (QED) is 0.458. The van der Waals surface area contributed by atoms with Gasteiger partial charge in [-0.05, 0) is 75.2 Å². The van der Waals surface area contributed by atoms with Crippen molar-refractivity contribution in [2.24, 2.45) is 35.0 Å². The van der Waals surface area contributed by atoms with Crippen molar-refractivity contribution in [1.82, 2.24) is 0 Å². The van der Waals surface area contributed by atoms with Crippen LogP contribution in [0.15, 0.2) is 12.1 Å². The van der Waals surface area contributed by atoms with Gasteiger partial charge >= 0.3 is 5.97 Å². The van der Waals surface area contributed by atoms with Gasteiger partial charge in [-0.1, -0.05) is 24.9 Å². The second-order valence-electron chi connectivity index (χ2n) is 10.9. The Hall–Kier alpha value is -1.49. The minimum atomic E-state index is -0.358. The van der Waals surface area contributed by atoms with Crippen LogP contribution in [0.25, 0.3) is 0 Å². The van der Waals surface area contributed by atoms with Gasteiger partial charge in [0.15, 0.2) is 0 Å². The lowest BCUT2D eigenvalue weighted by Crippen LogP contribution is -2.66. The second-order valence-corrected chi connectivity index (χ2v) is 11.3. The predicted molar refractivity (Wildman–Crippen MR) is 124 cm³/mol. The number of carbonyl (C=O) groups excluding carboxylic acids is 1. The highest BCUT2D eigenvalue weighted by Crippen LogP contribution is 2.72. The molecule has 4 saturated carbocycles. The zero-order chi connectivity index (χ0) is 22.6. The number of esters is 1. The fourth-order valence-corrected chi connectivity index (χ4v) is 7.96. The van der Waals surface area contributed by atoms with Gasteiger partial charge in [-0.3, -0.25) is 4.79 Å². The number of hydrogen-bond acceptors (Lipinski definition) is 4. The van der Waals surface area contributed by atoms with Crippen molar-refractivity contribution in [1.29, 1.82) is 0 Å². The van der Waals surface area contributed by atoms with Gasteiger partial charge < -0.3 is 14.4 Å². The molecule has 4 nitrogen and oxygen atoms in total. The number of hydrogen-bond donors (Lipinski definition) is 0. The lowest BCUT2D eigenvalue weighted by atomic mass is 9.35. The first-order chi connectivity index (χ1) is 15.3. The van der Waals surface area contributed by atoms with E-state index in [2.05, 4.69) is 6.92 Å². The van der Waals surface area contributed by atoms with Crippen molar-refractivity contribution < 1.29 is 18.7 Å². The lowest BCUT2D eigenvalue weighted by molar-refractivity contribution is -0.230. The predicted octanol–water partition coefficient (Wildman–Crippen LogP) is 6.10. The molecule has 0 amide bonds. The highest BCUT2D eigenvalue weighted by Gasteiger charge is 2.66. The maximum absolute atomic E-state index is 15.2. The van der Waals surface area contributed by atoms with E-state index in [1.54, 1.807) is 6.07 Å². The SMILES string of the molecule is CCOC(=O)C1CCCC1N(C)c1cc(Cl)c(OCC23C[C@H]4CC(C)C[C@@H](C2)C43)cc1F. The molecule has 4 aliphatic carbocycles. The Morgan fingerprint density at radius 1 is 1.25 bits per heavy atom. The summed E-state index contributed by atoms with van der Waals surface area (Å²) in [5, 5.41) is 0.430. The maximum atomic E-state index is 15.2. The van der Waals surface area contributed by atoms with Crippen LogP contribution in [0.2, 0.25) is 5.02 Å². The Morgan fingerprint density at radius 3 is 2.66 bits per heavy atom. The average Bonchev–Trinajstić information content (AvgIpc) is 3.21. The number of benzene rings is 1. The molecule has 7 atom stereocenters. The fraction of sp³-hybridized carbons (Fsp3) is 0.731. The molecular weight excluding hydrogens is 429 g/mol. The molecule has 0 heterocycles. The van der Waals surface area contributed by atoms with E-state index in [1.807, 2.05) is 18.9 Å². The van der Waals surface area contributed by atoms with Crippen LogP contribution in [0.3, 0.4) is 0 Å². The minimum absolute atomic E-state index is 0.0854. The molecule has 1 aromatic carbocycles. The van der Waals surface area contributed by atoms with E-state index in [-0.39, 0.29) is 23.7 Å². The van der Waals surface area contributed by atoms with Gasteiger partial charge in [-0.2, -0.15) is 0 Å².